The average Bonchev–Trinajstić information content (AvgIpc) is 2.74. The zero-order valence-electron chi connectivity index (χ0n) is 17.6. The van der Waals surface area contributed by atoms with Gasteiger partial charge in [-0.2, -0.15) is 0 Å². The van der Waals surface area contributed by atoms with Gasteiger partial charge in [0.25, 0.3) is 10.0 Å². The standard InChI is InChI=1S/C23H23F2NO4S/c1-15-8-9-18(25)13-23(15)31(27,28)26(19-7-5-6-17(24)12-19)16(2)21-14-20(29-3)10-11-22(21)30-4/h5-14,16H,1-4H3. The molecule has 8 heteroatoms. The summed E-state index contributed by atoms with van der Waals surface area (Å²) in [6.07, 6.45) is 0. The number of benzene rings is 3. The maximum Gasteiger partial charge on any atom is 0.265 e. The van der Waals surface area contributed by atoms with E-state index in [1.807, 2.05) is 0 Å². The molecular weight excluding hydrogens is 424 g/mol. The number of rotatable bonds is 7. The Morgan fingerprint density at radius 1 is 0.903 bits per heavy atom. The van der Waals surface area contributed by atoms with Gasteiger partial charge in [0.2, 0.25) is 0 Å². The van der Waals surface area contributed by atoms with E-state index in [9.17, 15) is 17.2 Å². The summed E-state index contributed by atoms with van der Waals surface area (Å²) in [5.74, 6) is -0.351. The molecule has 0 aliphatic carbocycles. The van der Waals surface area contributed by atoms with Crippen LogP contribution in [0.4, 0.5) is 14.5 Å². The highest BCUT2D eigenvalue weighted by molar-refractivity contribution is 7.92. The number of ether oxygens (including phenoxy) is 2. The summed E-state index contributed by atoms with van der Waals surface area (Å²) in [6.45, 7) is 3.22. The number of anilines is 1. The second-order valence-corrected chi connectivity index (χ2v) is 8.76. The third kappa shape index (κ3) is 4.49. The third-order valence-electron chi connectivity index (χ3n) is 4.99. The van der Waals surface area contributed by atoms with E-state index in [1.165, 1.54) is 44.6 Å². The molecule has 0 aromatic heterocycles. The highest BCUT2D eigenvalue weighted by Crippen LogP contribution is 2.39. The van der Waals surface area contributed by atoms with Crippen molar-refractivity contribution in [3.05, 3.63) is 83.4 Å². The van der Waals surface area contributed by atoms with Crippen LogP contribution in [-0.2, 0) is 10.0 Å². The molecule has 0 spiro atoms. The molecule has 0 aliphatic rings. The highest BCUT2D eigenvalue weighted by Gasteiger charge is 2.33. The monoisotopic (exact) mass is 447 g/mol. The van der Waals surface area contributed by atoms with E-state index in [0.717, 1.165) is 16.4 Å². The minimum absolute atomic E-state index is 0.0982. The molecule has 0 fully saturated rings. The Labute approximate surface area is 180 Å². The van der Waals surface area contributed by atoms with Gasteiger partial charge >= 0.3 is 0 Å². The molecule has 0 N–H and O–H groups in total. The number of aryl methyl sites for hydroxylation is 1. The Kier molecular flexibility index (Phi) is 6.50. The van der Waals surface area contributed by atoms with Crippen molar-refractivity contribution in [2.24, 2.45) is 0 Å². The number of sulfonamides is 1. The van der Waals surface area contributed by atoms with Crippen LogP contribution in [0.1, 0.15) is 24.1 Å². The molecule has 0 bridgehead atoms. The molecule has 0 saturated carbocycles. The number of nitrogens with zero attached hydrogens (tertiary/aromatic N) is 1. The van der Waals surface area contributed by atoms with Gasteiger partial charge in [0.05, 0.1) is 30.8 Å². The van der Waals surface area contributed by atoms with E-state index < -0.39 is 27.7 Å². The van der Waals surface area contributed by atoms with Crippen LogP contribution in [-0.4, -0.2) is 22.6 Å². The number of halogens is 2. The van der Waals surface area contributed by atoms with Crippen LogP contribution in [0.5, 0.6) is 11.5 Å². The minimum Gasteiger partial charge on any atom is -0.497 e. The lowest BCUT2D eigenvalue weighted by atomic mass is 10.1. The average molecular weight is 448 g/mol. The fourth-order valence-corrected chi connectivity index (χ4v) is 5.30. The number of hydrogen-bond donors (Lipinski definition) is 0. The number of methoxy groups -OCH3 is 2. The first-order valence-corrected chi connectivity index (χ1v) is 10.9. The maximum atomic E-state index is 14.1. The molecule has 1 unspecified atom stereocenters. The SMILES string of the molecule is COc1ccc(OC)c(C(C)N(c2cccc(F)c2)S(=O)(=O)c2cc(F)ccc2C)c1. The lowest BCUT2D eigenvalue weighted by Crippen LogP contribution is -2.34. The van der Waals surface area contributed by atoms with Gasteiger partial charge in [-0.15, -0.1) is 0 Å². The largest absolute Gasteiger partial charge is 0.497 e. The molecule has 0 amide bonds. The molecule has 3 aromatic carbocycles. The summed E-state index contributed by atoms with van der Waals surface area (Å²) < 4.78 is 67.3. The smallest absolute Gasteiger partial charge is 0.265 e. The van der Waals surface area contributed by atoms with E-state index in [0.29, 0.717) is 22.6 Å². The van der Waals surface area contributed by atoms with Crippen LogP contribution in [0.15, 0.2) is 65.6 Å². The van der Waals surface area contributed by atoms with Gasteiger partial charge in [-0.05, 0) is 67.9 Å². The van der Waals surface area contributed by atoms with Gasteiger partial charge in [0, 0.05) is 5.56 Å². The van der Waals surface area contributed by atoms with Gasteiger partial charge in [-0.25, -0.2) is 17.2 Å². The van der Waals surface area contributed by atoms with Crippen molar-refractivity contribution in [2.45, 2.75) is 24.8 Å². The Bertz CT molecular complexity index is 1200. The van der Waals surface area contributed by atoms with E-state index in [4.69, 9.17) is 9.47 Å². The lowest BCUT2D eigenvalue weighted by Gasteiger charge is -2.32. The molecule has 3 aromatic rings. The van der Waals surface area contributed by atoms with Crippen molar-refractivity contribution in [1.82, 2.24) is 0 Å². The highest BCUT2D eigenvalue weighted by atomic mass is 32.2. The Hall–Kier alpha value is -3.13. The fourth-order valence-electron chi connectivity index (χ4n) is 3.43. The van der Waals surface area contributed by atoms with Gasteiger partial charge < -0.3 is 9.47 Å². The van der Waals surface area contributed by atoms with Gasteiger partial charge in [0.15, 0.2) is 0 Å². The molecule has 164 valence electrons. The molecule has 0 saturated heterocycles. The summed E-state index contributed by atoms with van der Waals surface area (Å²) in [6, 6.07) is 13.0. The topological polar surface area (TPSA) is 55.8 Å². The van der Waals surface area contributed by atoms with Crippen LogP contribution in [0.2, 0.25) is 0 Å². The quantitative estimate of drug-likeness (QED) is 0.497. The fraction of sp³-hybridized carbons (Fsp3) is 0.217. The van der Waals surface area contributed by atoms with Crippen molar-refractivity contribution >= 4 is 15.7 Å². The zero-order chi connectivity index (χ0) is 22.8. The van der Waals surface area contributed by atoms with Crippen LogP contribution in [0.3, 0.4) is 0 Å². The predicted octanol–water partition coefficient (Wildman–Crippen LogP) is 5.25. The second kappa shape index (κ2) is 8.93. The second-order valence-electron chi connectivity index (χ2n) is 6.97. The zero-order valence-corrected chi connectivity index (χ0v) is 18.4. The van der Waals surface area contributed by atoms with Crippen molar-refractivity contribution in [3.63, 3.8) is 0 Å². The summed E-state index contributed by atoms with van der Waals surface area (Å²) in [4.78, 5) is -0.203. The van der Waals surface area contributed by atoms with E-state index in [1.54, 1.807) is 32.0 Å². The first kappa shape index (κ1) is 22.6. The van der Waals surface area contributed by atoms with E-state index in [-0.39, 0.29) is 10.6 Å². The van der Waals surface area contributed by atoms with Crippen molar-refractivity contribution in [2.75, 3.05) is 18.5 Å². The Morgan fingerprint density at radius 2 is 1.61 bits per heavy atom. The van der Waals surface area contributed by atoms with Gasteiger partial charge in [-0.1, -0.05) is 12.1 Å². The molecule has 1 atom stereocenters. The summed E-state index contributed by atoms with van der Waals surface area (Å²) in [5, 5.41) is 0. The van der Waals surface area contributed by atoms with Crippen LogP contribution in [0, 0.1) is 18.6 Å². The Morgan fingerprint density at radius 3 is 2.26 bits per heavy atom. The summed E-state index contributed by atoms with van der Waals surface area (Å²) in [5.41, 5.74) is 0.970. The van der Waals surface area contributed by atoms with Crippen LogP contribution < -0.4 is 13.8 Å². The predicted molar refractivity (Wildman–Crippen MR) is 115 cm³/mol. The van der Waals surface area contributed by atoms with Crippen molar-refractivity contribution in [3.8, 4) is 11.5 Å². The lowest BCUT2D eigenvalue weighted by molar-refractivity contribution is 0.396. The summed E-state index contributed by atoms with van der Waals surface area (Å²) >= 11 is 0. The molecule has 5 nitrogen and oxygen atoms in total. The molecule has 31 heavy (non-hydrogen) atoms. The maximum absolute atomic E-state index is 14.1. The van der Waals surface area contributed by atoms with Crippen molar-refractivity contribution in [1.29, 1.82) is 0 Å². The third-order valence-corrected chi connectivity index (χ3v) is 7.03. The molecule has 0 radical (unpaired) electrons. The normalized spacial score (nSPS) is 12.3. The number of hydrogen-bond acceptors (Lipinski definition) is 4. The molecule has 0 heterocycles. The molecule has 3 rings (SSSR count). The first-order chi connectivity index (χ1) is 14.7. The first-order valence-electron chi connectivity index (χ1n) is 9.47. The van der Waals surface area contributed by atoms with Gasteiger partial charge in [-0.3, -0.25) is 4.31 Å². The molecule has 0 aliphatic heterocycles. The Balaban J connectivity index is 2.27. The van der Waals surface area contributed by atoms with Crippen LogP contribution in [0.25, 0.3) is 0 Å². The van der Waals surface area contributed by atoms with Crippen molar-refractivity contribution < 1.29 is 26.7 Å². The van der Waals surface area contributed by atoms with E-state index >= 15 is 0 Å². The minimum atomic E-state index is -4.29. The van der Waals surface area contributed by atoms with Gasteiger partial charge in [0.1, 0.15) is 23.1 Å². The molecular formula is C23H23F2NO4S. The van der Waals surface area contributed by atoms with E-state index in [2.05, 4.69) is 0 Å². The van der Waals surface area contributed by atoms with Crippen LogP contribution >= 0.6 is 0 Å². The summed E-state index contributed by atoms with van der Waals surface area (Å²) in [7, 11) is -1.32.